The van der Waals surface area contributed by atoms with E-state index in [2.05, 4.69) is 4.98 Å². The van der Waals surface area contributed by atoms with Crippen molar-refractivity contribution in [2.75, 3.05) is 19.8 Å². The second-order valence-electron chi connectivity index (χ2n) is 5.74. The van der Waals surface area contributed by atoms with Crippen molar-refractivity contribution >= 4 is 23.5 Å². The minimum atomic E-state index is -0.959. The number of carbonyl (C=O) groups excluding carboxylic acids is 1. The van der Waals surface area contributed by atoms with E-state index >= 15 is 0 Å². The van der Waals surface area contributed by atoms with Crippen LogP contribution in [-0.4, -0.2) is 52.7 Å². The Bertz CT molecular complexity index is 759. The summed E-state index contributed by atoms with van der Waals surface area (Å²) in [6, 6.07) is 6.57. The Hall–Kier alpha value is -2.38. The maximum Gasteiger partial charge on any atom is 0.305 e. The minimum absolute atomic E-state index is 0.0488. The molecular weight excluding hydrogens is 348 g/mol. The molecule has 7 nitrogen and oxygen atoms in total. The van der Waals surface area contributed by atoms with Gasteiger partial charge in [-0.15, -0.1) is 0 Å². The largest absolute Gasteiger partial charge is 0.481 e. The molecule has 2 aromatic rings. The zero-order chi connectivity index (χ0) is 17.8. The monoisotopic (exact) mass is 364 g/mol. The summed E-state index contributed by atoms with van der Waals surface area (Å²) < 4.78 is 10.7. The molecule has 0 bridgehead atoms. The van der Waals surface area contributed by atoms with Gasteiger partial charge in [-0.05, 0) is 24.3 Å². The van der Waals surface area contributed by atoms with Gasteiger partial charge in [0.25, 0.3) is 0 Å². The number of carboxylic acid groups (broad SMARTS) is 1. The molecule has 1 aliphatic rings. The third-order valence-corrected chi connectivity index (χ3v) is 4.19. The van der Waals surface area contributed by atoms with Crippen molar-refractivity contribution in [3.63, 3.8) is 0 Å². The normalized spacial score (nSPS) is 17.5. The van der Waals surface area contributed by atoms with E-state index < -0.39 is 12.0 Å². The molecule has 1 aromatic carbocycles. The topological polar surface area (TPSA) is 92.9 Å². The Morgan fingerprint density at radius 1 is 1.32 bits per heavy atom. The second-order valence-corrected chi connectivity index (χ2v) is 6.18. The number of amides is 1. The van der Waals surface area contributed by atoms with Crippen LogP contribution in [0.25, 0.3) is 11.5 Å². The van der Waals surface area contributed by atoms with Gasteiger partial charge in [0.05, 0.1) is 37.8 Å². The van der Waals surface area contributed by atoms with Gasteiger partial charge in [0.1, 0.15) is 6.26 Å². The molecule has 1 atom stereocenters. The summed E-state index contributed by atoms with van der Waals surface area (Å²) in [6.07, 6.45) is 1.35. The lowest BCUT2D eigenvalue weighted by Crippen LogP contribution is -2.50. The number of hydrogen-bond acceptors (Lipinski definition) is 5. The van der Waals surface area contributed by atoms with Crippen molar-refractivity contribution in [2.45, 2.75) is 18.9 Å². The van der Waals surface area contributed by atoms with Crippen LogP contribution in [-0.2, 0) is 20.7 Å². The van der Waals surface area contributed by atoms with Gasteiger partial charge in [-0.2, -0.15) is 0 Å². The molecule has 0 radical (unpaired) electrons. The number of nitrogens with zero attached hydrogens (tertiary/aromatic N) is 2. The highest BCUT2D eigenvalue weighted by Crippen LogP contribution is 2.21. The van der Waals surface area contributed by atoms with Crippen LogP contribution in [0.5, 0.6) is 0 Å². The molecule has 2 heterocycles. The summed E-state index contributed by atoms with van der Waals surface area (Å²) in [4.78, 5) is 29.4. The molecule has 1 aliphatic heterocycles. The van der Waals surface area contributed by atoms with Crippen molar-refractivity contribution in [3.05, 3.63) is 41.2 Å². The van der Waals surface area contributed by atoms with Crippen LogP contribution in [0.15, 0.2) is 34.9 Å². The predicted octanol–water partition coefficient (Wildman–Crippen LogP) is 2.24. The van der Waals surface area contributed by atoms with E-state index in [0.717, 1.165) is 5.56 Å². The number of aromatic nitrogens is 1. The van der Waals surface area contributed by atoms with Gasteiger partial charge in [0.2, 0.25) is 11.8 Å². The zero-order valence-electron chi connectivity index (χ0n) is 13.4. The van der Waals surface area contributed by atoms with E-state index in [-0.39, 0.29) is 25.4 Å². The van der Waals surface area contributed by atoms with Crippen LogP contribution >= 0.6 is 11.6 Å². The highest BCUT2D eigenvalue weighted by atomic mass is 35.5. The van der Waals surface area contributed by atoms with Crippen molar-refractivity contribution in [2.24, 2.45) is 0 Å². The van der Waals surface area contributed by atoms with E-state index in [0.29, 0.717) is 29.8 Å². The zero-order valence-corrected chi connectivity index (χ0v) is 14.1. The van der Waals surface area contributed by atoms with E-state index in [9.17, 15) is 9.59 Å². The van der Waals surface area contributed by atoms with Crippen LogP contribution < -0.4 is 0 Å². The molecule has 0 saturated carbocycles. The van der Waals surface area contributed by atoms with Gasteiger partial charge in [0.15, 0.2) is 0 Å². The number of carboxylic acids is 1. The van der Waals surface area contributed by atoms with Crippen LogP contribution in [0.3, 0.4) is 0 Å². The van der Waals surface area contributed by atoms with E-state index in [1.165, 1.54) is 6.26 Å². The Morgan fingerprint density at radius 2 is 2.08 bits per heavy atom. The lowest BCUT2D eigenvalue weighted by molar-refractivity contribution is -0.145. The maximum absolute atomic E-state index is 12.5. The van der Waals surface area contributed by atoms with Crippen LogP contribution in [0, 0.1) is 0 Å². The number of halogens is 1. The van der Waals surface area contributed by atoms with Gasteiger partial charge in [-0.25, -0.2) is 4.98 Å². The molecule has 1 saturated heterocycles. The molecule has 1 amide bonds. The first-order valence-corrected chi connectivity index (χ1v) is 8.20. The maximum atomic E-state index is 12.5. The number of oxazole rings is 1. The summed E-state index contributed by atoms with van der Waals surface area (Å²) >= 11 is 5.86. The third-order valence-electron chi connectivity index (χ3n) is 3.93. The molecule has 1 N–H and O–H groups in total. The highest BCUT2D eigenvalue weighted by Gasteiger charge is 2.29. The molecule has 1 fully saturated rings. The standard InChI is InChI=1S/C17H17ClN2O5/c18-12-3-1-11(2-4-12)17-19-13(9-25-17)7-15(21)20-5-6-24-10-14(20)8-16(22)23/h1-4,9,14H,5-8,10H2,(H,22,23). The predicted molar refractivity (Wildman–Crippen MR) is 89.2 cm³/mol. The fraction of sp³-hybridized carbons (Fsp3) is 0.353. The molecule has 1 aromatic heterocycles. The molecule has 0 aliphatic carbocycles. The van der Waals surface area contributed by atoms with Crippen molar-refractivity contribution in [1.82, 2.24) is 9.88 Å². The van der Waals surface area contributed by atoms with E-state index in [4.69, 9.17) is 25.9 Å². The molecular formula is C17H17ClN2O5. The smallest absolute Gasteiger partial charge is 0.305 e. The number of aliphatic carboxylic acids is 1. The lowest BCUT2D eigenvalue weighted by Gasteiger charge is -2.34. The van der Waals surface area contributed by atoms with Crippen molar-refractivity contribution in [3.8, 4) is 11.5 Å². The Labute approximate surface area is 149 Å². The number of morpholine rings is 1. The summed E-state index contributed by atoms with van der Waals surface area (Å²) in [7, 11) is 0. The minimum Gasteiger partial charge on any atom is -0.481 e. The summed E-state index contributed by atoms with van der Waals surface area (Å²) in [6.45, 7) is 1.00. The SMILES string of the molecule is O=C(O)CC1COCCN1C(=O)Cc1coc(-c2ccc(Cl)cc2)n1. The first-order valence-electron chi connectivity index (χ1n) is 7.82. The number of hydrogen-bond donors (Lipinski definition) is 1. The number of benzene rings is 1. The lowest BCUT2D eigenvalue weighted by atomic mass is 10.1. The Morgan fingerprint density at radius 3 is 2.80 bits per heavy atom. The van der Waals surface area contributed by atoms with E-state index in [1.54, 1.807) is 29.2 Å². The highest BCUT2D eigenvalue weighted by molar-refractivity contribution is 6.30. The quantitative estimate of drug-likeness (QED) is 0.874. The van der Waals surface area contributed by atoms with Gasteiger partial charge < -0.3 is 19.2 Å². The number of ether oxygens (including phenoxy) is 1. The second kappa shape index (κ2) is 7.67. The summed E-state index contributed by atoms with van der Waals surface area (Å²) in [5, 5.41) is 9.59. The first-order chi connectivity index (χ1) is 12.0. The average molecular weight is 365 g/mol. The van der Waals surface area contributed by atoms with Crippen LogP contribution in [0.2, 0.25) is 5.02 Å². The Balaban J connectivity index is 1.68. The summed E-state index contributed by atoms with van der Waals surface area (Å²) in [5.74, 6) is -0.742. The average Bonchev–Trinajstić information content (AvgIpc) is 3.04. The third kappa shape index (κ3) is 4.37. The molecule has 8 heteroatoms. The number of rotatable bonds is 5. The molecule has 3 rings (SSSR count). The fourth-order valence-corrected chi connectivity index (χ4v) is 2.85. The molecule has 1 unspecified atom stereocenters. The van der Waals surface area contributed by atoms with Gasteiger partial charge in [-0.3, -0.25) is 9.59 Å². The van der Waals surface area contributed by atoms with Crippen LogP contribution in [0.1, 0.15) is 12.1 Å². The molecule has 132 valence electrons. The van der Waals surface area contributed by atoms with Gasteiger partial charge in [-0.1, -0.05) is 11.6 Å². The van der Waals surface area contributed by atoms with Crippen molar-refractivity contribution < 1.29 is 23.8 Å². The van der Waals surface area contributed by atoms with E-state index in [1.807, 2.05) is 0 Å². The van der Waals surface area contributed by atoms with Crippen molar-refractivity contribution in [1.29, 1.82) is 0 Å². The summed E-state index contributed by atoms with van der Waals surface area (Å²) in [5.41, 5.74) is 1.26. The van der Waals surface area contributed by atoms with Crippen LogP contribution in [0.4, 0.5) is 0 Å². The fourth-order valence-electron chi connectivity index (χ4n) is 2.72. The first kappa shape index (κ1) is 17.4. The van der Waals surface area contributed by atoms with Gasteiger partial charge >= 0.3 is 5.97 Å². The molecule has 0 spiro atoms. The molecule has 25 heavy (non-hydrogen) atoms. The number of carbonyl (C=O) groups is 2. The van der Waals surface area contributed by atoms with Gasteiger partial charge in [0, 0.05) is 17.1 Å². The Kier molecular flexibility index (Phi) is 5.35.